The number of phenolic OH excluding ortho intramolecular Hbond substituents is 2. The summed E-state index contributed by atoms with van der Waals surface area (Å²) in [6, 6.07) is 15.6. The number of benzene rings is 2. The van der Waals surface area contributed by atoms with Crippen molar-refractivity contribution in [3.8, 4) is 43.9 Å². The predicted molar refractivity (Wildman–Crippen MR) is 166 cm³/mol. The van der Waals surface area contributed by atoms with Crippen molar-refractivity contribution in [1.82, 2.24) is 0 Å². The number of ether oxygens (including phenoxy) is 2. The third-order valence-corrected chi connectivity index (χ3v) is 9.61. The molecule has 38 heavy (non-hydrogen) atoms. The average Bonchev–Trinajstić information content (AvgIpc) is 3.66. The Balaban J connectivity index is 1.23. The summed E-state index contributed by atoms with van der Waals surface area (Å²) in [5.74, 6) is 2.76. The van der Waals surface area contributed by atoms with Gasteiger partial charge in [0.1, 0.15) is 0 Å². The lowest BCUT2D eigenvalue weighted by Crippen LogP contribution is -1.93. The summed E-state index contributed by atoms with van der Waals surface area (Å²) >= 11 is 3.28. The van der Waals surface area contributed by atoms with Crippen LogP contribution < -0.4 is 9.47 Å². The van der Waals surface area contributed by atoms with Crippen LogP contribution in [-0.4, -0.2) is 61.5 Å². The van der Waals surface area contributed by atoms with Gasteiger partial charge in [-0.2, -0.15) is 0 Å². The molecule has 0 bridgehead atoms. The predicted octanol–water partition coefficient (Wildman–Crippen LogP) is 7.49. The fraction of sp³-hybridized carbons (Fsp3) is 0.214. The molecular formula is C28H28N2O4S4. The SMILES string of the molecule is COc1cc(-c2cccs2)cc(/C=N/CCSSCC/N=C/c2cc(-c3cccs3)cc(OC)c2O)c1O. The minimum Gasteiger partial charge on any atom is -0.504 e. The fourth-order valence-corrected chi connectivity index (χ4v) is 6.74. The number of nitrogens with zero attached hydrogens (tertiary/aromatic N) is 2. The second kappa shape index (κ2) is 14.3. The highest BCUT2D eigenvalue weighted by atomic mass is 33.1. The first-order chi connectivity index (χ1) is 18.6. The maximum Gasteiger partial charge on any atom is 0.166 e. The molecule has 10 heteroatoms. The fourth-order valence-electron chi connectivity index (χ4n) is 3.56. The number of aliphatic imine (C=N–C) groups is 2. The van der Waals surface area contributed by atoms with Crippen LogP contribution in [0.5, 0.6) is 23.0 Å². The number of phenols is 2. The molecule has 0 saturated carbocycles. The molecule has 198 valence electrons. The van der Waals surface area contributed by atoms with Crippen molar-refractivity contribution in [1.29, 1.82) is 0 Å². The van der Waals surface area contributed by atoms with Crippen molar-refractivity contribution in [3.63, 3.8) is 0 Å². The van der Waals surface area contributed by atoms with Gasteiger partial charge in [-0.25, -0.2) is 0 Å². The molecule has 0 saturated heterocycles. The van der Waals surface area contributed by atoms with Crippen molar-refractivity contribution in [2.24, 2.45) is 9.98 Å². The Bertz CT molecular complexity index is 1260. The van der Waals surface area contributed by atoms with E-state index < -0.39 is 0 Å². The van der Waals surface area contributed by atoms with E-state index in [4.69, 9.17) is 9.47 Å². The second-order valence-electron chi connectivity index (χ2n) is 7.90. The molecule has 0 atom stereocenters. The first kappa shape index (κ1) is 28.1. The van der Waals surface area contributed by atoms with Gasteiger partial charge in [0.25, 0.3) is 0 Å². The Hall–Kier alpha value is -2.92. The highest BCUT2D eigenvalue weighted by molar-refractivity contribution is 8.76. The molecule has 4 aromatic rings. The van der Waals surface area contributed by atoms with Crippen LogP contribution in [0.4, 0.5) is 0 Å². The van der Waals surface area contributed by atoms with Gasteiger partial charge in [-0.1, -0.05) is 33.7 Å². The molecule has 2 aromatic carbocycles. The summed E-state index contributed by atoms with van der Waals surface area (Å²) < 4.78 is 10.7. The van der Waals surface area contributed by atoms with Crippen molar-refractivity contribution < 1.29 is 19.7 Å². The smallest absolute Gasteiger partial charge is 0.166 e. The lowest BCUT2D eigenvalue weighted by atomic mass is 10.1. The molecule has 0 spiro atoms. The van der Waals surface area contributed by atoms with Crippen LogP contribution >= 0.6 is 44.3 Å². The number of aromatic hydroxyl groups is 2. The summed E-state index contributed by atoms with van der Waals surface area (Å²) in [4.78, 5) is 11.2. The molecule has 4 rings (SSSR count). The van der Waals surface area contributed by atoms with Crippen LogP contribution in [0.3, 0.4) is 0 Å². The molecule has 2 aromatic heterocycles. The van der Waals surface area contributed by atoms with Crippen LogP contribution in [0.15, 0.2) is 69.3 Å². The highest BCUT2D eigenvalue weighted by Gasteiger charge is 2.12. The molecule has 2 N–H and O–H groups in total. The van der Waals surface area contributed by atoms with E-state index in [2.05, 4.69) is 9.98 Å². The van der Waals surface area contributed by atoms with E-state index in [9.17, 15) is 10.2 Å². The van der Waals surface area contributed by atoms with Gasteiger partial charge >= 0.3 is 0 Å². The first-order valence-electron chi connectivity index (χ1n) is 11.7. The Morgan fingerprint density at radius 2 is 1.18 bits per heavy atom. The molecule has 6 nitrogen and oxygen atoms in total. The molecule has 0 aliphatic heterocycles. The highest BCUT2D eigenvalue weighted by Crippen LogP contribution is 2.37. The van der Waals surface area contributed by atoms with Crippen molar-refractivity contribution in [2.75, 3.05) is 38.8 Å². The number of methoxy groups -OCH3 is 2. The lowest BCUT2D eigenvalue weighted by Gasteiger charge is -2.09. The maximum absolute atomic E-state index is 10.5. The molecular weight excluding hydrogens is 557 g/mol. The molecule has 0 radical (unpaired) electrons. The third kappa shape index (κ3) is 7.35. The maximum atomic E-state index is 10.5. The zero-order valence-electron chi connectivity index (χ0n) is 21.0. The van der Waals surface area contributed by atoms with Gasteiger partial charge in [-0.15, -0.1) is 22.7 Å². The van der Waals surface area contributed by atoms with E-state index in [1.165, 1.54) is 0 Å². The van der Waals surface area contributed by atoms with Crippen LogP contribution in [0, 0.1) is 0 Å². The second-order valence-corrected chi connectivity index (χ2v) is 12.5. The standard InChI is InChI=1S/C28H28N2O4S4/c1-33-23-15-19(25-5-3-9-35-25)13-21(27(23)31)17-29-7-11-37-38-12-8-30-18-22-14-20(26-6-4-10-36-26)16-24(34-2)28(22)32/h3-6,9-10,13-18,31-32H,7-8,11-12H2,1-2H3/b29-17+,30-18+. The monoisotopic (exact) mass is 584 g/mol. The topological polar surface area (TPSA) is 83.6 Å². The van der Waals surface area contributed by atoms with E-state index >= 15 is 0 Å². The Kier molecular flexibility index (Phi) is 10.6. The zero-order chi connectivity index (χ0) is 26.7. The summed E-state index contributed by atoms with van der Waals surface area (Å²) in [7, 11) is 6.57. The summed E-state index contributed by atoms with van der Waals surface area (Å²) in [5, 5.41) is 25.0. The van der Waals surface area contributed by atoms with E-state index in [1.807, 2.05) is 59.3 Å². The summed E-state index contributed by atoms with van der Waals surface area (Å²) in [5.41, 5.74) is 3.27. The normalized spacial score (nSPS) is 11.5. The van der Waals surface area contributed by atoms with Gasteiger partial charge in [-0.3, -0.25) is 9.98 Å². The number of hydrogen-bond acceptors (Lipinski definition) is 10. The van der Waals surface area contributed by atoms with Gasteiger partial charge in [0.2, 0.25) is 0 Å². The minimum atomic E-state index is 0.0982. The molecule has 0 unspecified atom stereocenters. The van der Waals surface area contributed by atoms with Crippen LogP contribution in [0.2, 0.25) is 0 Å². The molecule has 0 fully saturated rings. The Morgan fingerprint density at radius 3 is 1.55 bits per heavy atom. The number of hydrogen-bond donors (Lipinski definition) is 2. The quantitative estimate of drug-likeness (QED) is 0.0962. The van der Waals surface area contributed by atoms with Gasteiger partial charge < -0.3 is 19.7 Å². The number of thiophene rings is 2. The van der Waals surface area contributed by atoms with Crippen molar-refractivity contribution >= 4 is 56.7 Å². The van der Waals surface area contributed by atoms with Crippen LogP contribution in [0.1, 0.15) is 11.1 Å². The minimum absolute atomic E-state index is 0.0982. The van der Waals surface area contributed by atoms with Crippen LogP contribution in [0.25, 0.3) is 20.9 Å². The average molecular weight is 585 g/mol. The number of rotatable bonds is 13. The van der Waals surface area contributed by atoms with E-state index in [0.29, 0.717) is 35.7 Å². The van der Waals surface area contributed by atoms with Gasteiger partial charge in [0.05, 0.1) is 14.2 Å². The Labute approximate surface area is 238 Å². The van der Waals surface area contributed by atoms with E-state index in [-0.39, 0.29) is 11.5 Å². The molecule has 0 aliphatic rings. The lowest BCUT2D eigenvalue weighted by molar-refractivity contribution is 0.373. The molecule has 2 heterocycles. The van der Waals surface area contributed by atoms with Gasteiger partial charge in [0.15, 0.2) is 23.0 Å². The van der Waals surface area contributed by atoms with Crippen molar-refractivity contribution in [2.45, 2.75) is 0 Å². The Morgan fingerprint density at radius 1 is 0.737 bits per heavy atom. The summed E-state index contributed by atoms with van der Waals surface area (Å²) in [6.07, 6.45) is 3.41. The van der Waals surface area contributed by atoms with Crippen molar-refractivity contribution in [3.05, 3.63) is 70.4 Å². The first-order valence-corrected chi connectivity index (χ1v) is 16.0. The van der Waals surface area contributed by atoms with Gasteiger partial charge in [-0.05, 0) is 58.3 Å². The molecule has 0 amide bonds. The van der Waals surface area contributed by atoms with Crippen LogP contribution in [-0.2, 0) is 0 Å². The molecule has 0 aliphatic carbocycles. The zero-order valence-corrected chi connectivity index (χ0v) is 24.3. The van der Waals surface area contributed by atoms with E-state index in [1.54, 1.807) is 70.9 Å². The largest absolute Gasteiger partial charge is 0.504 e. The summed E-state index contributed by atoms with van der Waals surface area (Å²) in [6.45, 7) is 1.27. The van der Waals surface area contributed by atoms with Gasteiger partial charge in [0, 0.05) is 57.9 Å². The third-order valence-electron chi connectivity index (χ3n) is 5.41. The van der Waals surface area contributed by atoms with E-state index in [0.717, 1.165) is 32.4 Å².